The largest absolute Gasteiger partial charge is 0.345 e. The Morgan fingerprint density at radius 2 is 1.73 bits per heavy atom. The number of rotatable bonds is 7. The molecule has 0 unspecified atom stereocenters. The van der Waals surface area contributed by atoms with E-state index in [4.69, 9.17) is 5.21 Å². The fourth-order valence-electron chi connectivity index (χ4n) is 4.64. The van der Waals surface area contributed by atoms with Crippen molar-refractivity contribution in [1.29, 1.82) is 0 Å². The van der Waals surface area contributed by atoms with Gasteiger partial charge in [-0.15, -0.1) is 0 Å². The molecule has 0 aliphatic carbocycles. The van der Waals surface area contributed by atoms with E-state index >= 15 is 0 Å². The second kappa shape index (κ2) is 11.3. The average Bonchev–Trinajstić information content (AvgIpc) is 3.44. The van der Waals surface area contributed by atoms with Crippen LogP contribution >= 0.6 is 11.3 Å². The molecule has 2 aromatic carbocycles. The summed E-state index contributed by atoms with van der Waals surface area (Å²) < 4.78 is 28.1. The van der Waals surface area contributed by atoms with E-state index in [2.05, 4.69) is 39.5 Å². The molecule has 2 aliphatic heterocycles. The van der Waals surface area contributed by atoms with E-state index in [1.165, 1.54) is 16.1 Å². The van der Waals surface area contributed by atoms with Crippen molar-refractivity contribution < 1.29 is 18.4 Å². The zero-order valence-electron chi connectivity index (χ0n) is 20.3. The third-order valence-electron chi connectivity index (χ3n) is 6.70. The predicted octanol–water partition coefficient (Wildman–Crippen LogP) is 1.85. The highest BCUT2D eigenvalue weighted by Crippen LogP contribution is 2.27. The van der Waals surface area contributed by atoms with Crippen LogP contribution < -0.4 is 15.7 Å². The molecule has 3 N–H and O–H groups in total. The van der Waals surface area contributed by atoms with Crippen molar-refractivity contribution in [3.05, 3.63) is 65.2 Å². The first-order valence-electron chi connectivity index (χ1n) is 12.2. The van der Waals surface area contributed by atoms with Crippen molar-refractivity contribution in [2.45, 2.75) is 11.4 Å². The van der Waals surface area contributed by atoms with Crippen LogP contribution in [0.4, 0.5) is 5.13 Å². The number of hydroxylamine groups is 1. The number of piperazine rings is 2. The topological polar surface area (TPSA) is 118 Å². The van der Waals surface area contributed by atoms with Crippen molar-refractivity contribution in [2.75, 3.05) is 57.3 Å². The van der Waals surface area contributed by atoms with Gasteiger partial charge >= 0.3 is 0 Å². The van der Waals surface area contributed by atoms with Crippen LogP contribution in [-0.2, 0) is 16.6 Å². The Morgan fingerprint density at radius 3 is 2.43 bits per heavy atom. The molecule has 0 radical (unpaired) electrons. The third kappa shape index (κ3) is 5.84. The number of benzene rings is 2. The van der Waals surface area contributed by atoms with Crippen molar-refractivity contribution in [3.63, 3.8) is 0 Å². The summed E-state index contributed by atoms with van der Waals surface area (Å²) in [6.45, 7) is 6.58. The molecule has 2 aliphatic rings. The fraction of sp³-hybridized carbons (Fsp3) is 0.360. The molecule has 0 spiro atoms. The molecule has 2 saturated heterocycles. The summed E-state index contributed by atoms with van der Waals surface area (Å²) in [5.41, 5.74) is 4.90. The quantitative estimate of drug-likeness (QED) is 0.306. The van der Waals surface area contributed by atoms with E-state index < -0.39 is 15.9 Å². The van der Waals surface area contributed by atoms with Gasteiger partial charge in [0.15, 0.2) is 5.13 Å². The van der Waals surface area contributed by atoms with Crippen molar-refractivity contribution >= 4 is 32.4 Å². The Morgan fingerprint density at radius 1 is 1.00 bits per heavy atom. The Bertz CT molecular complexity index is 1330. The zero-order chi connectivity index (χ0) is 25.8. The molecule has 2 fully saturated rings. The lowest BCUT2D eigenvalue weighted by Gasteiger charge is -2.33. The number of carbonyl (C=O) groups excluding carboxylic acids is 1. The highest BCUT2D eigenvalue weighted by Gasteiger charge is 2.29. The number of anilines is 1. The highest BCUT2D eigenvalue weighted by atomic mass is 32.2. The number of sulfonamides is 1. The van der Waals surface area contributed by atoms with E-state index in [1.54, 1.807) is 17.6 Å². The monoisotopic (exact) mass is 542 g/mol. The van der Waals surface area contributed by atoms with E-state index in [9.17, 15) is 13.2 Å². The Labute approximate surface area is 220 Å². The average molecular weight is 543 g/mol. The van der Waals surface area contributed by atoms with Crippen molar-refractivity contribution in [3.8, 4) is 11.1 Å². The van der Waals surface area contributed by atoms with Crippen LogP contribution in [-0.4, -0.2) is 86.1 Å². The maximum atomic E-state index is 13.3. The maximum Gasteiger partial charge on any atom is 0.286 e. The molecule has 12 heteroatoms. The third-order valence-corrected chi connectivity index (χ3v) is 9.67. The number of hydrogen-bond donors (Lipinski definition) is 3. The van der Waals surface area contributed by atoms with Gasteiger partial charge in [0.2, 0.25) is 10.0 Å². The molecule has 1 amide bonds. The summed E-state index contributed by atoms with van der Waals surface area (Å²) in [5, 5.41) is 12.8. The lowest BCUT2D eigenvalue weighted by Crippen LogP contribution is -2.48. The van der Waals surface area contributed by atoms with Crippen LogP contribution in [0.15, 0.2) is 59.6 Å². The molecule has 37 heavy (non-hydrogen) atoms. The van der Waals surface area contributed by atoms with Gasteiger partial charge in [0.25, 0.3) is 5.91 Å². The van der Waals surface area contributed by atoms with Gasteiger partial charge in [0, 0.05) is 58.9 Å². The van der Waals surface area contributed by atoms with Gasteiger partial charge in [-0.2, -0.15) is 4.31 Å². The van der Waals surface area contributed by atoms with Gasteiger partial charge in [-0.05, 0) is 34.9 Å². The summed E-state index contributed by atoms with van der Waals surface area (Å²) >= 11 is 1.16. The van der Waals surface area contributed by atoms with Gasteiger partial charge in [-0.3, -0.25) is 14.9 Å². The van der Waals surface area contributed by atoms with Crippen LogP contribution in [0.2, 0.25) is 0 Å². The Kier molecular flexibility index (Phi) is 7.84. The van der Waals surface area contributed by atoms with Crippen LogP contribution in [0.3, 0.4) is 0 Å². The Hall–Kier alpha value is -2.87. The SMILES string of the molecule is O=C(NO)c1cnc(N2CCN(S(=O)(=O)c3ccc(-c4cccc(CN5CCNCC5)c4)cc3)CC2)s1. The molecule has 5 rings (SSSR count). The summed E-state index contributed by atoms with van der Waals surface area (Å²) in [5.74, 6) is -0.611. The minimum atomic E-state index is -3.63. The highest BCUT2D eigenvalue weighted by molar-refractivity contribution is 7.89. The predicted molar refractivity (Wildman–Crippen MR) is 142 cm³/mol. The lowest BCUT2D eigenvalue weighted by molar-refractivity contribution is 0.0710. The van der Waals surface area contributed by atoms with Crippen molar-refractivity contribution in [1.82, 2.24) is 25.0 Å². The molecule has 0 atom stereocenters. The number of thiazole rings is 1. The molecule has 1 aromatic heterocycles. The van der Waals surface area contributed by atoms with E-state index in [-0.39, 0.29) is 4.90 Å². The second-order valence-electron chi connectivity index (χ2n) is 9.09. The fourth-order valence-corrected chi connectivity index (χ4v) is 6.92. The number of carbonyl (C=O) groups is 1. The van der Waals surface area contributed by atoms with Gasteiger partial charge in [0.05, 0.1) is 11.1 Å². The molecule has 0 saturated carbocycles. The summed E-state index contributed by atoms with van der Waals surface area (Å²) in [6.07, 6.45) is 1.40. The minimum absolute atomic E-state index is 0.276. The normalized spacial score (nSPS) is 17.6. The zero-order valence-corrected chi connectivity index (χ0v) is 22.0. The van der Waals surface area contributed by atoms with Gasteiger partial charge in [0.1, 0.15) is 4.88 Å². The summed E-state index contributed by atoms with van der Waals surface area (Å²) in [6, 6.07) is 15.5. The number of hydrogen-bond acceptors (Lipinski definition) is 9. The number of amides is 1. The van der Waals surface area contributed by atoms with E-state index in [0.717, 1.165) is 55.2 Å². The number of aromatic nitrogens is 1. The van der Waals surface area contributed by atoms with Gasteiger partial charge < -0.3 is 10.2 Å². The molecule has 3 heterocycles. The molecule has 0 bridgehead atoms. The van der Waals surface area contributed by atoms with Gasteiger partial charge in [-0.1, -0.05) is 41.7 Å². The molecule has 196 valence electrons. The molecular weight excluding hydrogens is 512 g/mol. The first-order chi connectivity index (χ1) is 17.9. The smallest absolute Gasteiger partial charge is 0.286 e. The summed E-state index contributed by atoms with van der Waals surface area (Å²) in [4.78, 5) is 20.7. The van der Waals surface area contributed by atoms with Crippen LogP contribution in [0, 0.1) is 0 Å². The first-order valence-corrected chi connectivity index (χ1v) is 14.5. The van der Waals surface area contributed by atoms with Crippen LogP contribution in [0.25, 0.3) is 11.1 Å². The van der Waals surface area contributed by atoms with Crippen LogP contribution in [0.5, 0.6) is 0 Å². The standard InChI is InChI=1S/C25H30N6O4S2/c32-24(28-33)23-17-27-25(36-23)30-12-14-31(15-13-30)37(34,35)22-6-4-20(5-7-22)21-3-1-2-19(16-21)18-29-10-8-26-9-11-29/h1-7,16-17,26,33H,8-15,18H2,(H,28,32). The molecular formula is C25H30N6O4S2. The van der Waals surface area contributed by atoms with Gasteiger partial charge in [-0.25, -0.2) is 18.9 Å². The second-order valence-corrected chi connectivity index (χ2v) is 12.0. The molecule has 10 nitrogen and oxygen atoms in total. The van der Waals surface area contributed by atoms with Crippen LogP contribution in [0.1, 0.15) is 15.2 Å². The first kappa shape index (κ1) is 25.8. The number of nitrogens with zero attached hydrogens (tertiary/aromatic N) is 4. The Balaban J connectivity index is 1.22. The van der Waals surface area contributed by atoms with E-state index in [0.29, 0.717) is 36.2 Å². The number of nitrogens with one attached hydrogen (secondary N) is 2. The summed E-state index contributed by atoms with van der Waals surface area (Å²) in [7, 11) is -3.63. The minimum Gasteiger partial charge on any atom is -0.345 e. The lowest BCUT2D eigenvalue weighted by atomic mass is 10.0. The van der Waals surface area contributed by atoms with E-state index in [1.807, 2.05) is 17.0 Å². The maximum absolute atomic E-state index is 13.3. The molecule has 3 aromatic rings. The van der Waals surface area contributed by atoms with Crippen molar-refractivity contribution in [2.24, 2.45) is 0 Å².